The van der Waals surface area contributed by atoms with Crippen molar-refractivity contribution in [3.05, 3.63) is 24.2 Å². The molecular weight excluding hydrogens is 206 g/mol. The third kappa shape index (κ3) is 1.83. The zero-order chi connectivity index (χ0) is 10.8. The summed E-state index contributed by atoms with van der Waals surface area (Å²) in [5.41, 5.74) is 0. The van der Waals surface area contributed by atoms with E-state index in [1.165, 1.54) is 17.6 Å². The zero-order valence-corrected chi connectivity index (χ0v) is 8.83. The Balaban J connectivity index is 1.72. The molecule has 6 heteroatoms. The number of nitrogens with one attached hydrogen (secondary N) is 1. The molecule has 3 rings (SSSR count). The number of hydrogen-bond acceptors (Lipinski definition) is 5. The Hall–Kier alpha value is -1.69. The molecule has 6 nitrogen and oxygen atoms in total. The first-order valence-electron chi connectivity index (χ1n) is 5.48. The van der Waals surface area contributed by atoms with Crippen molar-refractivity contribution in [2.75, 3.05) is 6.54 Å². The lowest BCUT2D eigenvalue weighted by atomic mass is 10.1. The maximum Gasteiger partial charge on any atom is 0.239 e. The van der Waals surface area contributed by atoms with Crippen LogP contribution < -0.4 is 5.32 Å². The third-order valence-electron chi connectivity index (χ3n) is 2.75. The summed E-state index contributed by atoms with van der Waals surface area (Å²) in [7, 11) is 0. The van der Waals surface area contributed by atoms with E-state index >= 15 is 0 Å². The van der Waals surface area contributed by atoms with Gasteiger partial charge in [-0.2, -0.15) is 0 Å². The first-order valence-corrected chi connectivity index (χ1v) is 5.48. The van der Waals surface area contributed by atoms with Gasteiger partial charge < -0.3 is 9.73 Å². The molecule has 3 heterocycles. The minimum atomic E-state index is 0.495. The molecule has 1 atom stereocenters. The molecule has 1 unspecified atom stereocenters. The summed E-state index contributed by atoms with van der Waals surface area (Å²) in [6.45, 7) is 1.09. The van der Waals surface area contributed by atoms with E-state index in [1.54, 1.807) is 18.4 Å². The SMILES string of the molecule is c1coc(-n2nnc(CC3CCCN3)n2)c1. The number of tetrazole rings is 1. The standard InChI is InChI=1S/C10H13N5O/c1-3-8(11-5-1)7-9-12-14-15(13-9)10-4-2-6-16-10/h2,4,6,8,11H,1,3,5,7H2. The maximum absolute atomic E-state index is 5.19. The Kier molecular flexibility index (Phi) is 2.41. The number of hydrogen-bond donors (Lipinski definition) is 1. The lowest BCUT2D eigenvalue weighted by Gasteiger charge is -2.04. The van der Waals surface area contributed by atoms with Crippen LogP contribution in [0.4, 0.5) is 0 Å². The van der Waals surface area contributed by atoms with E-state index in [4.69, 9.17) is 4.42 Å². The molecule has 0 aromatic carbocycles. The highest BCUT2D eigenvalue weighted by Gasteiger charge is 2.17. The molecule has 0 amide bonds. The molecule has 84 valence electrons. The van der Waals surface area contributed by atoms with Crippen LogP contribution in [0.15, 0.2) is 22.8 Å². The monoisotopic (exact) mass is 219 g/mol. The van der Waals surface area contributed by atoms with Gasteiger partial charge in [0, 0.05) is 18.5 Å². The predicted molar refractivity (Wildman–Crippen MR) is 56.1 cm³/mol. The van der Waals surface area contributed by atoms with E-state index in [0.717, 1.165) is 18.8 Å². The number of furan rings is 1. The maximum atomic E-state index is 5.19. The van der Waals surface area contributed by atoms with E-state index in [0.29, 0.717) is 11.9 Å². The Morgan fingerprint density at radius 1 is 1.56 bits per heavy atom. The zero-order valence-electron chi connectivity index (χ0n) is 8.83. The summed E-state index contributed by atoms with van der Waals surface area (Å²) >= 11 is 0. The molecule has 2 aromatic heterocycles. The second-order valence-corrected chi connectivity index (χ2v) is 3.94. The fourth-order valence-corrected chi connectivity index (χ4v) is 1.95. The molecule has 2 aromatic rings. The van der Waals surface area contributed by atoms with Gasteiger partial charge in [-0.05, 0) is 30.7 Å². The first kappa shape index (κ1) is 9.53. The number of rotatable bonds is 3. The molecule has 1 N–H and O–H groups in total. The van der Waals surface area contributed by atoms with Gasteiger partial charge in [0.05, 0.1) is 6.26 Å². The van der Waals surface area contributed by atoms with Crippen molar-refractivity contribution in [1.29, 1.82) is 0 Å². The van der Waals surface area contributed by atoms with Gasteiger partial charge in [-0.15, -0.1) is 10.2 Å². The molecule has 1 aliphatic rings. The summed E-state index contributed by atoms with van der Waals surface area (Å²) in [4.78, 5) is 1.42. The minimum absolute atomic E-state index is 0.495. The number of nitrogens with zero attached hydrogens (tertiary/aromatic N) is 4. The highest BCUT2D eigenvalue weighted by atomic mass is 16.3. The van der Waals surface area contributed by atoms with Crippen molar-refractivity contribution < 1.29 is 4.42 Å². The van der Waals surface area contributed by atoms with Crippen molar-refractivity contribution in [3.8, 4) is 5.88 Å². The number of aromatic nitrogens is 4. The molecule has 0 spiro atoms. The minimum Gasteiger partial charge on any atom is -0.445 e. The van der Waals surface area contributed by atoms with Crippen LogP contribution in [0.3, 0.4) is 0 Å². The van der Waals surface area contributed by atoms with Crippen molar-refractivity contribution in [2.24, 2.45) is 0 Å². The van der Waals surface area contributed by atoms with Crippen molar-refractivity contribution in [3.63, 3.8) is 0 Å². The lowest BCUT2D eigenvalue weighted by molar-refractivity contribution is 0.492. The first-order chi connectivity index (χ1) is 7.92. The van der Waals surface area contributed by atoms with Crippen LogP contribution in [0.25, 0.3) is 5.88 Å². The van der Waals surface area contributed by atoms with Crippen LogP contribution in [0.5, 0.6) is 0 Å². The molecule has 0 bridgehead atoms. The van der Waals surface area contributed by atoms with E-state index in [9.17, 15) is 0 Å². The Labute approximate surface area is 92.6 Å². The summed E-state index contributed by atoms with van der Waals surface area (Å²) in [6.07, 6.45) is 4.85. The van der Waals surface area contributed by atoms with Crippen molar-refractivity contribution >= 4 is 0 Å². The molecular formula is C10H13N5O. The predicted octanol–water partition coefficient (Wildman–Crippen LogP) is 0.550. The van der Waals surface area contributed by atoms with E-state index in [2.05, 4.69) is 20.7 Å². The summed E-state index contributed by atoms with van der Waals surface area (Å²) in [5, 5.41) is 15.7. The molecule has 1 aliphatic heterocycles. The highest BCUT2D eigenvalue weighted by Crippen LogP contribution is 2.10. The second kappa shape index (κ2) is 4.05. The molecule has 1 saturated heterocycles. The van der Waals surface area contributed by atoms with E-state index < -0.39 is 0 Å². The Bertz CT molecular complexity index is 443. The van der Waals surface area contributed by atoms with Crippen LogP contribution in [0, 0.1) is 0 Å². The van der Waals surface area contributed by atoms with Gasteiger partial charge in [-0.1, -0.05) is 4.80 Å². The molecule has 0 radical (unpaired) electrons. The fourth-order valence-electron chi connectivity index (χ4n) is 1.95. The van der Waals surface area contributed by atoms with Crippen LogP contribution >= 0.6 is 0 Å². The Morgan fingerprint density at radius 3 is 3.31 bits per heavy atom. The van der Waals surface area contributed by atoms with Gasteiger partial charge in [0.15, 0.2) is 5.82 Å². The topological polar surface area (TPSA) is 68.8 Å². The summed E-state index contributed by atoms with van der Waals surface area (Å²) in [6, 6.07) is 4.10. The average molecular weight is 219 g/mol. The van der Waals surface area contributed by atoms with E-state index in [-0.39, 0.29) is 0 Å². The normalized spacial score (nSPS) is 20.4. The van der Waals surface area contributed by atoms with Crippen LogP contribution in [0.2, 0.25) is 0 Å². The molecule has 0 saturated carbocycles. The van der Waals surface area contributed by atoms with Gasteiger partial charge in [-0.3, -0.25) is 0 Å². The fraction of sp³-hybridized carbons (Fsp3) is 0.500. The van der Waals surface area contributed by atoms with Crippen molar-refractivity contribution in [1.82, 2.24) is 25.5 Å². The lowest BCUT2D eigenvalue weighted by Crippen LogP contribution is -2.24. The van der Waals surface area contributed by atoms with Crippen LogP contribution in [-0.2, 0) is 6.42 Å². The highest BCUT2D eigenvalue weighted by molar-refractivity contribution is 5.12. The third-order valence-corrected chi connectivity index (χ3v) is 2.75. The van der Waals surface area contributed by atoms with Crippen LogP contribution in [0.1, 0.15) is 18.7 Å². The molecule has 0 aliphatic carbocycles. The largest absolute Gasteiger partial charge is 0.445 e. The molecule has 16 heavy (non-hydrogen) atoms. The van der Waals surface area contributed by atoms with Gasteiger partial charge in [0.1, 0.15) is 0 Å². The van der Waals surface area contributed by atoms with Gasteiger partial charge >= 0.3 is 0 Å². The second-order valence-electron chi connectivity index (χ2n) is 3.94. The quantitative estimate of drug-likeness (QED) is 0.816. The van der Waals surface area contributed by atoms with E-state index in [1.807, 2.05) is 0 Å². The average Bonchev–Trinajstić information content (AvgIpc) is 2.99. The summed E-state index contributed by atoms with van der Waals surface area (Å²) in [5.74, 6) is 1.36. The van der Waals surface area contributed by atoms with Crippen molar-refractivity contribution in [2.45, 2.75) is 25.3 Å². The van der Waals surface area contributed by atoms with Crippen LogP contribution in [-0.4, -0.2) is 32.8 Å². The van der Waals surface area contributed by atoms with Gasteiger partial charge in [0.25, 0.3) is 0 Å². The smallest absolute Gasteiger partial charge is 0.239 e. The summed E-state index contributed by atoms with van der Waals surface area (Å²) < 4.78 is 5.19. The van der Waals surface area contributed by atoms with Gasteiger partial charge in [0.2, 0.25) is 5.88 Å². The molecule has 1 fully saturated rings. The van der Waals surface area contributed by atoms with Gasteiger partial charge in [-0.25, -0.2) is 0 Å². The Morgan fingerprint density at radius 2 is 2.56 bits per heavy atom.